The second-order valence-electron chi connectivity index (χ2n) is 10.6. The van der Waals surface area contributed by atoms with Crippen LogP contribution in [-0.4, -0.2) is 59.4 Å². The number of amides is 2. The van der Waals surface area contributed by atoms with Crippen LogP contribution in [0.2, 0.25) is 0 Å². The maximum absolute atomic E-state index is 13.5. The van der Waals surface area contributed by atoms with Crippen molar-refractivity contribution in [3.63, 3.8) is 0 Å². The van der Waals surface area contributed by atoms with Crippen LogP contribution in [0, 0.1) is 5.92 Å². The zero-order valence-electron chi connectivity index (χ0n) is 20.2. The lowest BCUT2D eigenvalue weighted by Gasteiger charge is -2.38. The number of aromatic nitrogens is 1. The van der Waals surface area contributed by atoms with E-state index in [4.69, 9.17) is 4.98 Å². The molecule has 0 radical (unpaired) electrons. The van der Waals surface area contributed by atoms with Crippen molar-refractivity contribution in [3.8, 4) is 0 Å². The number of urea groups is 1. The molecule has 2 saturated carbocycles. The second kappa shape index (κ2) is 10.9. The van der Waals surface area contributed by atoms with Gasteiger partial charge in [0.1, 0.15) is 5.82 Å². The minimum atomic E-state index is 0.112. The number of anilines is 1. The Hall–Kier alpha value is -2.11. The van der Waals surface area contributed by atoms with Gasteiger partial charge in [-0.3, -0.25) is 0 Å². The molecule has 1 aromatic heterocycles. The molecule has 1 atom stereocenters. The van der Waals surface area contributed by atoms with Crippen molar-refractivity contribution in [1.82, 2.24) is 14.9 Å². The van der Waals surface area contributed by atoms with Crippen molar-refractivity contribution in [3.05, 3.63) is 23.9 Å². The summed E-state index contributed by atoms with van der Waals surface area (Å²) in [5, 5.41) is 6.41. The molecule has 6 nitrogen and oxygen atoms in total. The van der Waals surface area contributed by atoms with E-state index >= 15 is 0 Å². The van der Waals surface area contributed by atoms with E-state index in [2.05, 4.69) is 28.2 Å². The lowest BCUT2D eigenvalue weighted by Crippen LogP contribution is -2.54. The minimum Gasteiger partial charge on any atom is -0.353 e. The van der Waals surface area contributed by atoms with E-state index in [1.165, 1.54) is 82.7 Å². The van der Waals surface area contributed by atoms with E-state index in [0.29, 0.717) is 11.8 Å². The summed E-state index contributed by atoms with van der Waals surface area (Å²) in [5.74, 6) is 2.31. The smallest absolute Gasteiger partial charge is 0.340 e. The monoisotopic (exact) mass is 451 g/mol. The van der Waals surface area contributed by atoms with Crippen LogP contribution in [0.15, 0.2) is 23.3 Å². The minimum absolute atomic E-state index is 0.112. The van der Waals surface area contributed by atoms with Gasteiger partial charge in [-0.05, 0) is 43.7 Å². The molecule has 1 saturated heterocycles. The molecule has 0 bridgehead atoms. The normalized spacial score (nSPS) is 25.8. The molecule has 2 amide bonds. The maximum Gasteiger partial charge on any atom is 0.340 e. The molecule has 2 aliphatic carbocycles. The van der Waals surface area contributed by atoms with Crippen LogP contribution < -0.4 is 4.90 Å². The molecule has 4 aliphatic rings. The predicted molar refractivity (Wildman–Crippen MR) is 134 cm³/mol. The highest BCUT2D eigenvalue weighted by molar-refractivity contribution is 5.78. The topological polar surface area (TPSA) is 52.0 Å². The Kier molecular flexibility index (Phi) is 7.47. The van der Waals surface area contributed by atoms with Gasteiger partial charge in [-0.15, -0.1) is 0 Å². The Morgan fingerprint density at radius 2 is 1.48 bits per heavy atom. The fraction of sp³-hybridized carbons (Fsp3) is 0.741. The van der Waals surface area contributed by atoms with Crippen molar-refractivity contribution < 1.29 is 4.79 Å². The van der Waals surface area contributed by atoms with Gasteiger partial charge >= 0.3 is 6.03 Å². The number of carbonyl (C=O) groups is 1. The Labute approximate surface area is 199 Å². The standard InChI is InChI=1S/C27H41N5O/c33-27(32-25(16-17-28-32)23-12-5-3-1-2-4-6-13-23)31-20-18-30(19-21-31)26-15-9-14-24(29-26)22-10-7-8-11-22/h9,14-15,17,22-23,25H,1-8,10-13,16,18-21H2. The van der Waals surface area contributed by atoms with Gasteiger partial charge < -0.3 is 9.80 Å². The molecule has 180 valence electrons. The van der Waals surface area contributed by atoms with Crippen molar-refractivity contribution >= 4 is 18.1 Å². The van der Waals surface area contributed by atoms with Crippen molar-refractivity contribution in [1.29, 1.82) is 0 Å². The fourth-order valence-electron chi connectivity index (χ4n) is 6.40. The fourth-order valence-corrected chi connectivity index (χ4v) is 6.40. The molecule has 1 aromatic rings. The number of rotatable bonds is 3. The largest absolute Gasteiger partial charge is 0.353 e. The Morgan fingerprint density at radius 1 is 0.818 bits per heavy atom. The third-order valence-electron chi connectivity index (χ3n) is 8.41. The first-order chi connectivity index (χ1) is 16.3. The predicted octanol–water partition coefficient (Wildman–Crippen LogP) is 5.79. The summed E-state index contributed by atoms with van der Waals surface area (Å²) in [6.07, 6.45) is 18.6. The third kappa shape index (κ3) is 5.36. The third-order valence-corrected chi connectivity index (χ3v) is 8.41. The summed E-state index contributed by atoms with van der Waals surface area (Å²) < 4.78 is 0. The van der Waals surface area contributed by atoms with Gasteiger partial charge in [0, 0.05) is 50.4 Å². The highest BCUT2D eigenvalue weighted by atomic mass is 16.2. The lowest BCUT2D eigenvalue weighted by molar-refractivity contribution is 0.117. The van der Waals surface area contributed by atoms with Gasteiger partial charge in [-0.25, -0.2) is 14.8 Å². The van der Waals surface area contributed by atoms with Gasteiger partial charge in [0.2, 0.25) is 0 Å². The molecule has 3 heterocycles. The molecule has 6 heteroatoms. The quantitative estimate of drug-likeness (QED) is 0.584. The Morgan fingerprint density at radius 3 is 2.21 bits per heavy atom. The van der Waals surface area contributed by atoms with Gasteiger partial charge in [0.15, 0.2) is 0 Å². The van der Waals surface area contributed by atoms with Crippen LogP contribution >= 0.6 is 0 Å². The number of hydrogen-bond donors (Lipinski definition) is 0. The van der Waals surface area contributed by atoms with Gasteiger partial charge in [-0.2, -0.15) is 5.10 Å². The van der Waals surface area contributed by atoms with Crippen molar-refractivity contribution in [2.45, 2.75) is 95.4 Å². The summed E-state index contributed by atoms with van der Waals surface area (Å²) in [7, 11) is 0. The van der Waals surface area contributed by atoms with Crippen LogP contribution in [0.3, 0.4) is 0 Å². The average molecular weight is 452 g/mol. The van der Waals surface area contributed by atoms with Crippen LogP contribution in [0.1, 0.15) is 95.1 Å². The number of hydrogen-bond acceptors (Lipinski definition) is 4. The highest BCUT2D eigenvalue weighted by Gasteiger charge is 2.36. The van der Waals surface area contributed by atoms with E-state index in [1.807, 2.05) is 16.1 Å². The zero-order valence-corrected chi connectivity index (χ0v) is 20.2. The van der Waals surface area contributed by atoms with E-state index in [9.17, 15) is 4.79 Å². The number of nitrogens with zero attached hydrogens (tertiary/aromatic N) is 5. The molecule has 0 N–H and O–H groups in total. The van der Waals surface area contributed by atoms with Crippen molar-refractivity contribution in [2.24, 2.45) is 11.0 Å². The summed E-state index contributed by atoms with van der Waals surface area (Å²) >= 11 is 0. The van der Waals surface area contributed by atoms with Crippen LogP contribution in [-0.2, 0) is 0 Å². The van der Waals surface area contributed by atoms with Crippen LogP contribution in [0.4, 0.5) is 10.6 Å². The lowest BCUT2D eigenvalue weighted by atomic mass is 9.88. The molecule has 5 rings (SSSR count). The van der Waals surface area contributed by atoms with Gasteiger partial charge in [0.25, 0.3) is 0 Å². The van der Waals surface area contributed by atoms with Crippen molar-refractivity contribution in [2.75, 3.05) is 31.1 Å². The molecule has 1 unspecified atom stereocenters. The van der Waals surface area contributed by atoms with Crippen LogP contribution in [0.5, 0.6) is 0 Å². The number of carbonyl (C=O) groups excluding carboxylic acids is 1. The highest BCUT2D eigenvalue weighted by Crippen LogP contribution is 2.34. The summed E-state index contributed by atoms with van der Waals surface area (Å²) in [6.45, 7) is 3.19. The Balaban J connectivity index is 1.18. The molecule has 33 heavy (non-hydrogen) atoms. The van der Waals surface area contributed by atoms with Crippen LogP contribution in [0.25, 0.3) is 0 Å². The maximum atomic E-state index is 13.5. The van der Waals surface area contributed by atoms with Gasteiger partial charge in [-0.1, -0.05) is 57.4 Å². The van der Waals surface area contributed by atoms with E-state index in [1.54, 1.807) is 0 Å². The zero-order chi connectivity index (χ0) is 22.5. The SMILES string of the molecule is O=C(N1CCN(c2cccc(C3CCCC3)n2)CC1)N1N=CCC1C1CCCCCCCC1. The number of pyridine rings is 1. The molecule has 0 aromatic carbocycles. The first-order valence-corrected chi connectivity index (χ1v) is 13.6. The summed E-state index contributed by atoms with van der Waals surface area (Å²) in [6, 6.07) is 6.86. The summed E-state index contributed by atoms with van der Waals surface area (Å²) in [5.41, 5.74) is 1.26. The molecule has 3 fully saturated rings. The number of piperazine rings is 1. The number of hydrazone groups is 1. The second-order valence-corrected chi connectivity index (χ2v) is 10.6. The first-order valence-electron chi connectivity index (χ1n) is 13.6. The van der Waals surface area contributed by atoms with E-state index < -0.39 is 0 Å². The van der Waals surface area contributed by atoms with Gasteiger partial charge in [0.05, 0.1) is 6.04 Å². The summed E-state index contributed by atoms with van der Waals surface area (Å²) in [4.78, 5) is 22.8. The molecular formula is C27H41N5O. The van der Waals surface area contributed by atoms with E-state index in [0.717, 1.165) is 38.4 Å². The average Bonchev–Trinajstić information content (AvgIpc) is 3.58. The Bertz CT molecular complexity index is 802. The molecule has 2 aliphatic heterocycles. The van der Waals surface area contributed by atoms with E-state index in [-0.39, 0.29) is 12.1 Å². The molecular weight excluding hydrogens is 410 g/mol. The molecule has 0 spiro atoms. The first kappa shape index (κ1) is 22.7.